The first-order valence-electron chi connectivity index (χ1n) is 11.9. The highest BCUT2D eigenvalue weighted by molar-refractivity contribution is 6.20. The molecule has 30 heavy (non-hydrogen) atoms. The minimum atomic E-state index is -0.179. The van der Waals surface area contributed by atoms with Crippen LogP contribution in [0.2, 0.25) is 0 Å². The van der Waals surface area contributed by atoms with Gasteiger partial charge in [0.2, 0.25) is 0 Å². The zero-order valence-corrected chi connectivity index (χ0v) is 18.9. The van der Waals surface area contributed by atoms with Gasteiger partial charge in [-0.1, -0.05) is 0 Å². The number of nitrogens with one attached hydrogen (secondary N) is 2. The fourth-order valence-corrected chi connectivity index (χ4v) is 6.71. The van der Waals surface area contributed by atoms with Crippen LogP contribution in [0.4, 0.5) is 0 Å². The number of rotatable bonds is 5. The van der Waals surface area contributed by atoms with Crippen LogP contribution in [0.1, 0.15) is 44.9 Å². The van der Waals surface area contributed by atoms with E-state index in [0.29, 0.717) is 23.9 Å². The summed E-state index contributed by atoms with van der Waals surface area (Å²) in [7, 11) is 0. The van der Waals surface area contributed by atoms with Crippen molar-refractivity contribution in [3.05, 3.63) is 0 Å². The molecule has 0 aromatic carbocycles. The molecular formula is C21H41ClN8. The van der Waals surface area contributed by atoms with Gasteiger partial charge in [-0.25, -0.2) is 4.99 Å². The average molecular weight is 441 g/mol. The van der Waals surface area contributed by atoms with Crippen LogP contribution < -0.4 is 27.8 Å². The minimum absolute atomic E-state index is 0.140. The molecule has 2 aliphatic carbocycles. The van der Waals surface area contributed by atoms with Crippen LogP contribution in [0.15, 0.2) is 4.99 Å². The van der Waals surface area contributed by atoms with Crippen molar-refractivity contribution in [1.29, 1.82) is 0 Å². The number of alkyl halides is 1. The lowest BCUT2D eigenvalue weighted by Crippen LogP contribution is -2.66. The standard InChI is InChI=1S/C21H41ClN8/c22-15-3-6-18-17(13-15)19(27-21(26-18)28-20(24)25)14-1-4-16(5-2-14)30-11-9-29(8-7-23)10-12-30/h14-19,21,26-27H,1-13,23H2,(H4,24,25,28). The summed E-state index contributed by atoms with van der Waals surface area (Å²) < 4.78 is 0. The van der Waals surface area contributed by atoms with Gasteiger partial charge in [0, 0.05) is 62.8 Å². The molecule has 8 nitrogen and oxygen atoms in total. The molecule has 172 valence electrons. The lowest BCUT2D eigenvalue weighted by atomic mass is 9.69. The van der Waals surface area contributed by atoms with Gasteiger partial charge >= 0.3 is 0 Å². The predicted octanol–water partition coefficient (Wildman–Crippen LogP) is 0.0160. The number of hydrogen-bond acceptors (Lipinski definition) is 6. The van der Waals surface area contributed by atoms with Gasteiger partial charge in [0.1, 0.15) is 0 Å². The average Bonchev–Trinajstić information content (AvgIpc) is 2.74. The molecule has 2 heterocycles. The number of hydrogen-bond donors (Lipinski definition) is 5. The molecule has 0 spiro atoms. The number of nitrogens with zero attached hydrogens (tertiary/aromatic N) is 3. The van der Waals surface area contributed by atoms with Crippen LogP contribution in [-0.2, 0) is 0 Å². The predicted molar refractivity (Wildman–Crippen MR) is 123 cm³/mol. The minimum Gasteiger partial charge on any atom is -0.370 e. The molecule has 4 aliphatic rings. The van der Waals surface area contributed by atoms with Gasteiger partial charge in [-0.05, 0) is 56.8 Å². The number of guanidine groups is 1. The lowest BCUT2D eigenvalue weighted by molar-refractivity contribution is 0.0411. The number of fused-ring (bicyclic) bond motifs is 1. The molecular weight excluding hydrogens is 400 g/mol. The van der Waals surface area contributed by atoms with Gasteiger partial charge in [-0.15, -0.1) is 11.6 Å². The van der Waals surface area contributed by atoms with E-state index in [-0.39, 0.29) is 17.6 Å². The second-order valence-electron chi connectivity index (χ2n) is 9.73. The molecule has 2 saturated carbocycles. The Morgan fingerprint density at radius 1 is 0.967 bits per heavy atom. The summed E-state index contributed by atoms with van der Waals surface area (Å²) in [5, 5.41) is 7.64. The van der Waals surface area contributed by atoms with E-state index in [0.717, 1.165) is 51.5 Å². The number of halogens is 1. The van der Waals surface area contributed by atoms with Crippen molar-refractivity contribution in [3.8, 4) is 0 Å². The van der Waals surface area contributed by atoms with E-state index in [9.17, 15) is 0 Å². The van der Waals surface area contributed by atoms with E-state index in [1.807, 2.05) is 0 Å². The zero-order valence-electron chi connectivity index (χ0n) is 18.2. The molecule has 0 bridgehead atoms. The number of piperazine rings is 1. The molecule has 0 amide bonds. The van der Waals surface area contributed by atoms with Crippen molar-refractivity contribution < 1.29 is 0 Å². The van der Waals surface area contributed by atoms with Crippen LogP contribution in [0.25, 0.3) is 0 Å². The highest BCUT2D eigenvalue weighted by Gasteiger charge is 2.44. The Balaban J connectivity index is 1.34. The highest BCUT2D eigenvalue weighted by Crippen LogP contribution is 2.40. The van der Waals surface area contributed by atoms with Crippen molar-refractivity contribution >= 4 is 17.6 Å². The summed E-state index contributed by atoms with van der Waals surface area (Å²) in [6.07, 6.45) is 8.21. The monoisotopic (exact) mass is 440 g/mol. The van der Waals surface area contributed by atoms with Crippen molar-refractivity contribution in [1.82, 2.24) is 20.4 Å². The van der Waals surface area contributed by atoms with Crippen molar-refractivity contribution in [2.24, 2.45) is 34.0 Å². The molecule has 4 fully saturated rings. The maximum atomic E-state index is 6.58. The van der Waals surface area contributed by atoms with Crippen molar-refractivity contribution in [2.45, 2.75) is 74.7 Å². The molecule has 5 atom stereocenters. The zero-order chi connectivity index (χ0) is 21.1. The molecule has 0 aromatic heterocycles. The molecule has 0 aromatic rings. The van der Waals surface area contributed by atoms with Gasteiger partial charge in [-0.2, -0.15) is 0 Å². The smallest absolute Gasteiger partial charge is 0.188 e. The van der Waals surface area contributed by atoms with Crippen LogP contribution in [0.5, 0.6) is 0 Å². The van der Waals surface area contributed by atoms with Crippen molar-refractivity contribution in [2.75, 3.05) is 39.3 Å². The topological polar surface area (TPSA) is 121 Å². The Kier molecular flexibility index (Phi) is 7.76. The second kappa shape index (κ2) is 10.3. The normalized spacial score (nSPS) is 41.2. The molecule has 2 aliphatic heterocycles. The number of nitrogens with two attached hydrogens (primary N) is 3. The van der Waals surface area contributed by atoms with Gasteiger partial charge in [-0.3, -0.25) is 20.4 Å². The van der Waals surface area contributed by atoms with Gasteiger partial charge in [0.15, 0.2) is 12.2 Å². The first-order valence-corrected chi connectivity index (χ1v) is 12.4. The van der Waals surface area contributed by atoms with Gasteiger partial charge in [0.05, 0.1) is 0 Å². The molecule has 8 N–H and O–H groups in total. The van der Waals surface area contributed by atoms with E-state index >= 15 is 0 Å². The van der Waals surface area contributed by atoms with Crippen LogP contribution in [0, 0.1) is 11.8 Å². The summed E-state index contributed by atoms with van der Waals surface area (Å²) in [5.41, 5.74) is 17.1. The SMILES string of the molecule is NCCN1CCN(C2CCC(C3NC(N=C(N)N)NC4CCC(Cl)CC43)CC2)CC1. The Morgan fingerprint density at radius 3 is 2.37 bits per heavy atom. The van der Waals surface area contributed by atoms with Gasteiger partial charge in [0.25, 0.3) is 0 Å². The lowest BCUT2D eigenvalue weighted by Gasteiger charge is -2.50. The van der Waals surface area contributed by atoms with E-state index in [2.05, 4.69) is 25.4 Å². The quantitative estimate of drug-likeness (QED) is 0.232. The third kappa shape index (κ3) is 5.40. The Hall–Kier alpha value is -0.640. The molecule has 9 heteroatoms. The molecule has 5 unspecified atom stereocenters. The van der Waals surface area contributed by atoms with Gasteiger partial charge < -0.3 is 17.2 Å². The highest BCUT2D eigenvalue weighted by atomic mass is 35.5. The molecule has 0 radical (unpaired) electrons. The third-order valence-electron chi connectivity index (χ3n) is 7.92. The summed E-state index contributed by atoms with van der Waals surface area (Å²) >= 11 is 6.58. The van der Waals surface area contributed by atoms with E-state index in [4.69, 9.17) is 28.8 Å². The fourth-order valence-electron chi connectivity index (χ4n) is 6.38. The summed E-state index contributed by atoms with van der Waals surface area (Å²) in [4.78, 5) is 9.62. The second-order valence-corrected chi connectivity index (χ2v) is 10.3. The first-order chi connectivity index (χ1) is 14.5. The molecule has 2 saturated heterocycles. The summed E-state index contributed by atoms with van der Waals surface area (Å²) in [6, 6.07) is 1.63. The maximum absolute atomic E-state index is 6.58. The van der Waals surface area contributed by atoms with Crippen LogP contribution in [-0.4, -0.2) is 84.8 Å². The third-order valence-corrected chi connectivity index (χ3v) is 8.31. The summed E-state index contributed by atoms with van der Waals surface area (Å²) in [5.74, 6) is 1.38. The Bertz CT molecular complexity index is 569. The van der Waals surface area contributed by atoms with E-state index in [1.54, 1.807) is 0 Å². The largest absolute Gasteiger partial charge is 0.370 e. The van der Waals surface area contributed by atoms with Crippen molar-refractivity contribution in [3.63, 3.8) is 0 Å². The Labute approximate surface area is 186 Å². The molecule has 4 rings (SSSR count). The van der Waals surface area contributed by atoms with E-state index in [1.165, 1.54) is 38.8 Å². The Morgan fingerprint density at radius 2 is 1.70 bits per heavy atom. The maximum Gasteiger partial charge on any atom is 0.188 e. The van der Waals surface area contributed by atoms with Crippen LogP contribution >= 0.6 is 11.6 Å². The fraction of sp³-hybridized carbons (Fsp3) is 0.952. The van der Waals surface area contributed by atoms with Crippen LogP contribution in [0.3, 0.4) is 0 Å². The summed E-state index contributed by atoms with van der Waals surface area (Å²) in [6.45, 7) is 6.49. The first kappa shape index (κ1) is 22.6. The van der Waals surface area contributed by atoms with E-state index < -0.39 is 0 Å². The number of aliphatic imine (C=N–C) groups is 1.